The SMILES string of the molecule is CCN(CC)C(=O)C1=C[N]N=C1. The average molecular weight is 166 g/mol. The number of carbonyl (C=O) groups is 1. The summed E-state index contributed by atoms with van der Waals surface area (Å²) in [6, 6.07) is 0. The van der Waals surface area contributed by atoms with E-state index >= 15 is 0 Å². The molecule has 4 heteroatoms. The van der Waals surface area contributed by atoms with Crippen LogP contribution in [0, 0.1) is 0 Å². The van der Waals surface area contributed by atoms with E-state index in [2.05, 4.69) is 10.5 Å². The van der Waals surface area contributed by atoms with Crippen LogP contribution >= 0.6 is 0 Å². The summed E-state index contributed by atoms with van der Waals surface area (Å²) in [5.74, 6) is 0.00463. The van der Waals surface area contributed by atoms with E-state index in [-0.39, 0.29) is 5.91 Å². The van der Waals surface area contributed by atoms with Crippen molar-refractivity contribution in [3.05, 3.63) is 11.8 Å². The smallest absolute Gasteiger partial charge is 0.257 e. The Morgan fingerprint density at radius 2 is 2.17 bits per heavy atom. The normalized spacial score (nSPS) is 14.0. The summed E-state index contributed by atoms with van der Waals surface area (Å²) >= 11 is 0. The largest absolute Gasteiger partial charge is 0.339 e. The van der Waals surface area contributed by atoms with Gasteiger partial charge in [-0.3, -0.25) is 4.79 Å². The maximum atomic E-state index is 11.5. The molecule has 0 aromatic rings. The van der Waals surface area contributed by atoms with Gasteiger partial charge in [-0.05, 0) is 13.8 Å². The summed E-state index contributed by atoms with van der Waals surface area (Å²) in [5, 5.41) is 3.60. The van der Waals surface area contributed by atoms with Crippen LogP contribution < -0.4 is 5.43 Å². The van der Waals surface area contributed by atoms with Crippen LogP contribution in [0.3, 0.4) is 0 Å². The zero-order valence-electron chi connectivity index (χ0n) is 7.32. The molecule has 1 heterocycles. The van der Waals surface area contributed by atoms with Crippen molar-refractivity contribution in [3.63, 3.8) is 0 Å². The molecule has 0 fully saturated rings. The number of likely N-dealkylation sites (N-methyl/N-ethyl adjacent to an activating group) is 1. The molecule has 0 spiro atoms. The lowest BCUT2D eigenvalue weighted by molar-refractivity contribution is -0.126. The first-order valence-corrected chi connectivity index (χ1v) is 4.02. The van der Waals surface area contributed by atoms with Gasteiger partial charge in [0.2, 0.25) is 0 Å². The minimum absolute atomic E-state index is 0.00463. The van der Waals surface area contributed by atoms with Gasteiger partial charge < -0.3 is 4.90 Å². The fourth-order valence-electron chi connectivity index (χ4n) is 1.03. The van der Waals surface area contributed by atoms with Crippen LogP contribution in [0.1, 0.15) is 13.8 Å². The standard InChI is InChI=1S/C8H12N3O/c1-3-11(4-2)8(12)7-5-9-10-6-7/h5-6H,3-4H2,1-2H3. The Morgan fingerprint density at radius 1 is 1.50 bits per heavy atom. The number of hydrogen-bond donors (Lipinski definition) is 0. The molecule has 1 aliphatic heterocycles. The van der Waals surface area contributed by atoms with Crippen LogP contribution in [0.15, 0.2) is 16.9 Å². The molecule has 0 aliphatic carbocycles. The lowest BCUT2D eigenvalue weighted by Gasteiger charge is -2.17. The number of nitrogens with zero attached hydrogens (tertiary/aromatic N) is 3. The van der Waals surface area contributed by atoms with Gasteiger partial charge in [-0.2, -0.15) is 10.5 Å². The molecule has 65 valence electrons. The Hall–Kier alpha value is -1.32. The Balaban J connectivity index is 2.62. The van der Waals surface area contributed by atoms with Gasteiger partial charge in [0.1, 0.15) is 0 Å². The highest BCUT2D eigenvalue weighted by Gasteiger charge is 2.15. The summed E-state index contributed by atoms with van der Waals surface area (Å²) in [4.78, 5) is 13.2. The van der Waals surface area contributed by atoms with Gasteiger partial charge in [-0.1, -0.05) is 0 Å². The van der Waals surface area contributed by atoms with Crippen LogP contribution in [-0.4, -0.2) is 30.1 Å². The van der Waals surface area contributed by atoms with Crippen molar-refractivity contribution in [1.82, 2.24) is 10.3 Å². The van der Waals surface area contributed by atoms with E-state index < -0.39 is 0 Å². The van der Waals surface area contributed by atoms with E-state index in [9.17, 15) is 4.79 Å². The van der Waals surface area contributed by atoms with Gasteiger partial charge in [0.15, 0.2) is 0 Å². The molecule has 0 saturated carbocycles. The van der Waals surface area contributed by atoms with Gasteiger partial charge in [-0.15, -0.1) is 0 Å². The molecule has 1 radical (unpaired) electrons. The summed E-state index contributed by atoms with van der Waals surface area (Å²) in [7, 11) is 0. The quantitative estimate of drug-likeness (QED) is 0.596. The molecule has 1 rings (SSSR count). The Kier molecular flexibility index (Phi) is 2.85. The fraction of sp³-hybridized carbons (Fsp3) is 0.500. The third-order valence-corrected chi connectivity index (χ3v) is 1.76. The molecule has 4 nitrogen and oxygen atoms in total. The van der Waals surface area contributed by atoms with Crippen molar-refractivity contribution in [1.29, 1.82) is 0 Å². The molecule has 1 amide bonds. The summed E-state index contributed by atoms with van der Waals surface area (Å²) in [6.45, 7) is 5.34. The topological polar surface area (TPSA) is 46.8 Å². The van der Waals surface area contributed by atoms with E-state index in [1.807, 2.05) is 13.8 Å². The zero-order chi connectivity index (χ0) is 8.97. The second-order valence-corrected chi connectivity index (χ2v) is 2.42. The minimum Gasteiger partial charge on any atom is -0.339 e. The van der Waals surface area contributed by atoms with Gasteiger partial charge in [0, 0.05) is 13.1 Å². The summed E-state index contributed by atoms with van der Waals surface area (Å²) < 4.78 is 0. The number of carbonyl (C=O) groups excluding carboxylic acids is 1. The van der Waals surface area contributed by atoms with Crippen molar-refractivity contribution in [2.75, 3.05) is 13.1 Å². The first kappa shape index (κ1) is 8.77. The minimum atomic E-state index is 0.00463. The first-order valence-electron chi connectivity index (χ1n) is 4.02. The van der Waals surface area contributed by atoms with E-state index in [1.165, 1.54) is 12.4 Å². The molecule has 0 bridgehead atoms. The zero-order valence-corrected chi connectivity index (χ0v) is 7.32. The summed E-state index contributed by atoms with van der Waals surface area (Å²) in [5.41, 5.74) is 4.16. The van der Waals surface area contributed by atoms with E-state index in [0.29, 0.717) is 5.57 Å². The van der Waals surface area contributed by atoms with Gasteiger partial charge in [0.25, 0.3) is 5.91 Å². The van der Waals surface area contributed by atoms with Crippen LogP contribution in [0.4, 0.5) is 0 Å². The fourth-order valence-corrected chi connectivity index (χ4v) is 1.03. The first-order chi connectivity index (χ1) is 5.79. The van der Waals surface area contributed by atoms with E-state index in [0.717, 1.165) is 13.1 Å². The van der Waals surface area contributed by atoms with Gasteiger partial charge >= 0.3 is 0 Å². The van der Waals surface area contributed by atoms with Crippen LogP contribution in [0.2, 0.25) is 0 Å². The summed E-state index contributed by atoms with van der Waals surface area (Å²) in [6.07, 6.45) is 2.97. The Morgan fingerprint density at radius 3 is 2.58 bits per heavy atom. The number of rotatable bonds is 3. The predicted molar refractivity (Wildman–Crippen MR) is 46.6 cm³/mol. The molecule has 0 unspecified atom stereocenters. The van der Waals surface area contributed by atoms with E-state index in [4.69, 9.17) is 0 Å². The lowest BCUT2D eigenvalue weighted by atomic mass is 10.2. The predicted octanol–water partition coefficient (Wildman–Crippen LogP) is 0.342. The second kappa shape index (κ2) is 3.90. The number of hydrogen-bond acceptors (Lipinski definition) is 2. The third-order valence-electron chi connectivity index (χ3n) is 1.76. The second-order valence-electron chi connectivity index (χ2n) is 2.42. The highest BCUT2D eigenvalue weighted by atomic mass is 16.2. The Bertz CT molecular complexity index is 228. The molecule has 0 N–H and O–H groups in total. The molecule has 0 saturated heterocycles. The molecule has 12 heavy (non-hydrogen) atoms. The average Bonchev–Trinajstić information content (AvgIpc) is 2.58. The molecule has 0 aromatic carbocycles. The van der Waals surface area contributed by atoms with Gasteiger partial charge in [0.05, 0.1) is 18.0 Å². The lowest BCUT2D eigenvalue weighted by Crippen LogP contribution is -2.31. The highest BCUT2D eigenvalue weighted by molar-refractivity contribution is 6.12. The third kappa shape index (κ3) is 1.64. The highest BCUT2D eigenvalue weighted by Crippen LogP contribution is 2.02. The maximum Gasteiger partial charge on any atom is 0.257 e. The molecule has 1 aliphatic rings. The van der Waals surface area contributed by atoms with Crippen molar-refractivity contribution < 1.29 is 4.79 Å². The van der Waals surface area contributed by atoms with Crippen molar-refractivity contribution in [3.8, 4) is 0 Å². The van der Waals surface area contributed by atoms with Crippen LogP contribution in [-0.2, 0) is 4.79 Å². The van der Waals surface area contributed by atoms with Crippen molar-refractivity contribution in [2.24, 2.45) is 5.10 Å². The molecule has 0 aromatic heterocycles. The number of amides is 1. The molecule has 0 atom stereocenters. The van der Waals surface area contributed by atoms with Crippen molar-refractivity contribution in [2.45, 2.75) is 13.8 Å². The van der Waals surface area contributed by atoms with Crippen molar-refractivity contribution >= 4 is 12.1 Å². The molecular weight excluding hydrogens is 154 g/mol. The van der Waals surface area contributed by atoms with E-state index in [1.54, 1.807) is 4.90 Å². The van der Waals surface area contributed by atoms with Crippen LogP contribution in [0.5, 0.6) is 0 Å². The van der Waals surface area contributed by atoms with Gasteiger partial charge in [-0.25, -0.2) is 0 Å². The monoisotopic (exact) mass is 166 g/mol. The maximum absolute atomic E-state index is 11.5. The molecular formula is C8H12N3O. The Labute approximate surface area is 71.9 Å². The van der Waals surface area contributed by atoms with Crippen LogP contribution in [0.25, 0.3) is 0 Å².